The van der Waals surface area contributed by atoms with Gasteiger partial charge in [-0.3, -0.25) is 0 Å². The normalized spacial score (nSPS) is 26.3. The van der Waals surface area contributed by atoms with Gasteiger partial charge in [-0.05, 0) is 51.2 Å². The van der Waals surface area contributed by atoms with E-state index in [0.717, 1.165) is 5.92 Å². The Kier molecular flexibility index (Phi) is 4.74. The summed E-state index contributed by atoms with van der Waals surface area (Å²) in [5.74, 6) is 0.830. The van der Waals surface area contributed by atoms with E-state index in [1.165, 1.54) is 45.3 Å². The van der Waals surface area contributed by atoms with E-state index >= 15 is 0 Å². The Balaban J connectivity index is 2.18. The molecule has 0 aliphatic carbocycles. The molecule has 2 N–H and O–H groups in total. The van der Waals surface area contributed by atoms with Crippen LogP contribution in [0.4, 0.5) is 0 Å². The lowest BCUT2D eigenvalue weighted by Gasteiger charge is -2.20. The summed E-state index contributed by atoms with van der Waals surface area (Å²) in [4.78, 5) is 2.58. The average Bonchev–Trinajstić information content (AvgIpc) is 2.27. The second-order valence-electron chi connectivity index (χ2n) is 4.72. The van der Waals surface area contributed by atoms with Crippen LogP contribution in [0.15, 0.2) is 0 Å². The first kappa shape index (κ1) is 11.0. The Bertz CT molecular complexity index is 134. The van der Waals surface area contributed by atoms with Crippen LogP contribution in [0, 0.1) is 5.92 Å². The minimum atomic E-state index is 0.462. The van der Waals surface area contributed by atoms with Crippen molar-refractivity contribution in [3.63, 3.8) is 0 Å². The largest absolute Gasteiger partial charge is 0.328 e. The van der Waals surface area contributed by atoms with Gasteiger partial charge in [0.05, 0.1) is 0 Å². The maximum atomic E-state index is 5.93. The molecule has 0 amide bonds. The molecule has 0 spiro atoms. The van der Waals surface area contributed by atoms with Crippen molar-refractivity contribution in [2.45, 2.75) is 45.6 Å². The summed E-state index contributed by atoms with van der Waals surface area (Å²) < 4.78 is 0. The van der Waals surface area contributed by atoms with Gasteiger partial charge in [-0.15, -0.1) is 0 Å². The van der Waals surface area contributed by atoms with Gasteiger partial charge in [-0.1, -0.05) is 13.8 Å². The Morgan fingerprint density at radius 3 is 2.77 bits per heavy atom. The van der Waals surface area contributed by atoms with E-state index in [2.05, 4.69) is 18.7 Å². The molecule has 13 heavy (non-hydrogen) atoms. The fourth-order valence-electron chi connectivity index (χ4n) is 1.85. The van der Waals surface area contributed by atoms with Crippen molar-refractivity contribution in [2.24, 2.45) is 11.7 Å². The first-order chi connectivity index (χ1) is 6.18. The summed E-state index contributed by atoms with van der Waals surface area (Å²) in [7, 11) is 0. The molecule has 2 nitrogen and oxygen atoms in total. The van der Waals surface area contributed by atoms with Crippen molar-refractivity contribution in [1.82, 2.24) is 4.90 Å². The van der Waals surface area contributed by atoms with Crippen LogP contribution in [0.25, 0.3) is 0 Å². The van der Waals surface area contributed by atoms with Crippen molar-refractivity contribution < 1.29 is 0 Å². The van der Waals surface area contributed by atoms with Gasteiger partial charge < -0.3 is 10.6 Å². The summed E-state index contributed by atoms with van der Waals surface area (Å²) in [6, 6.07) is 0.462. The number of nitrogens with two attached hydrogens (primary N) is 1. The molecule has 1 atom stereocenters. The molecule has 0 aromatic carbocycles. The van der Waals surface area contributed by atoms with Crippen molar-refractivity contribution in [1.29, 1.82) is 0 Å². The zero-order valence-electron chi connectivity index (χ0n) is 9.13. The lowest BCUT2D eigenvalue weighted by molar-refractivity contribution is 0.266. The quantitative estimate of drug-likeness (QED) is 0.725. The van der Waals surface area contributed by atoms with Crippen molar-refractivity contribution in [3.8, 4) is 0 Å². The van der Waals surface area contributed by atoms with Crippen LogP contribution in [0.2, 0.25) is 0 Å². The first-order valence-corrected chi connectivity index (χ1v) is 5.66. The van der Waals surface area contributed by atoms with Crippen molar-refractivity contribution in [3.05, 3.63) is 0 Å². The van der Waals surface area contributed by atoms with E-state index in [-0.39, 0.29) is 0 Å². The molecule has 0 radical (unpaired) electrons. The van der Waals surface area contributed by atoms with Gasteiger partial charge in [0.15, 0.2) is 0 Å². The molecule has 2 heteroatoms. The molecule has 0 aromatic heterocycles. The number of nitrogens with zero attached hydrogens (tertiary/aromatic N) is 1. The minimum absolute atomic E-state index is 0.462. The van der Waals surface area contributed by atoms with Crippen LogP contribution in [0.3, 0.4) is 0 Å². The fourth-order valence-corrected chi connectivity index (χ4v) is 1.85. The topological polar surface area (TPSA) is 29.3 Å². The number of hydrogen-bond acceptors (Lipinski definition) is 2. The van der Waals surface area contributed by atoms with Crippen LogP contribution < -0.4 is 5.73 Å². The molecule has 1 fully saturated rings. The number of hydrogen-bond donors (Lipinski definition) is 1. The molecule has 1 saturated heterocycles. The molecule has 0 aromatic rings. The van der Waals surface area contributed by atoms with Gasteiger partial charge in [0.2, 0.25) is 0 Å². The predicted molar refractivity (Wildman–Crippen MR) is 57.7 cm³/mol. The summed E-state index contributed by atoms with van der Waals surface area (Å²) in [5, 5.41) is 0. The summed E-state index contributed by atoms with van der Waals surface area (Å²) in [6.07, 6.45) is 5.03. The highest BCUT2D eigenvalue weighted by molar-refractivity contribution is 4.71. The number of likely N-dealkylation sites (tertiary alicyclic amines) is 1. The predicted octanol–water partition coefficient (Wildman–Crippen LogP) is 1.85. The van der Waals surface area contributed by atoms with Gasteiger partial charge in [0, 0.05) is 6.04 Å². The molecule has 1 heterocycles. The summed E-state index contributed by atoms with van der Waals surface area (Å²) in [6.45, 7) is 8.34. The third-order valence-electron chi connectivity index (χ3n) is 2.89. The first-order valence-electron chi connectivity index (χ1n) is 5.66. The van der Waals surface area contributed by atoms with Crippen LogP contribution in [0.1, 0.15) is 39.5 Å². The Hall–Kier alpha value is -0.0800. The molecule has 78 valence electrons. The van der Waals surface area contributed by atoms with Crippen LogP contribution in [-0.2, 0) is 0 Å². The second kappa shape index (κ2) is 5.61. The van der Waals surface area contributed by atoms with Crippen LogP contribution in [0.5, 0.6) is 0 Å². The van der Waals surface area contributed by atoms with Gasteiger partial charge in [0.1, 0.15) is 0 Å². The maximum Gasteiger partial charge on any atom is 0.00514 e. The molecule has 1 rings (SSSR count). The number of rotatable bonds is 3. The summed E-state index contributed by atoms with van der Waals surface area (Å²) >= 11 is 0. The smallest absolute Gasteiger partial charge is 0.00514 e. The van der Waals surface area contributed by atoms with E-state index in [9.17, 15) is 0 Å². The Labute approximate surface area is 82.5 Å². The van der Waals surface area contributed by atoms with Crippen molar-refractivity contribution >= 4 is 0 Å². The molecule has 1 unspecified atom stereocenters. The highest BCUT2D eigenvalue weighted by Crippen LogP contribution is 2.10. The van der Waals surface area contributed by atoms with Gasteiger partial charge in [-0.2, -0.15) is 0 Å². The molecule has 1 aliphatic rings. The molecular formula is C11H24N2. The third-order valence-corrected chi connectivity index (χ3v) is 2.89. The Morgan fingerprint density at radius 2 is 2.08 bits per heavy atom. The second-order valence-corrected chi connectivity index (χ2v) is 4.72. The maximum absolute atomic E-state index is 5.93. The SMILES string of the molecule is CC(C)CCN1CCCC(N)CC1. The minimum Gasteiger partial charge on any atom is -0.328 e. The Morgan fingerprint density at radius 1 is 1.31 bits per heavy atom. The highest BCUT2D eigenvalue weighted by atomic mass is 15.1. The zero-order chi connectivity index (χ0) is 9.68. The average molecular weight is 184 g/mol. The van der Waals surface area contributed by atoms with E-state index in [4.69, 9.17) is 5.73 Å². The highest BCUT2D eigenvalue weighted by Gasteiger charge is 2.13. The van der Waals surface area contributed by atoms with Crippen LogP contribution >= 0.6 is 0 Å². The van der Waals surface area contributed by atoms with E-state index in [0.29, 0.717) is 6.04 Å². The van der Waals surface area contributed by atoms with E-state index < -0.39 is 0 Å². The molecule has 1 aliphatic heterocycles. The van der Waals surface area contributed by atoms with Gasteiger partial charge in [-0.25, -0.2) is 0 Å². The summed E-state index contributed by atoms with van der Waals surface area (Å²) in [5.41, 5.74) is 5.93. The van der Waals surface area contributed by atoms with E-state index in [1.807, 2.05) is 0 Å². The molecule has 0 bridgehead atoms. The van der Waals surface area contributed by atoms with Crippen LogP contribution in [-0.4, -0.2) is 30.6 Å². The lowest BCUT2D eigenvalue weighted by atomic mass is 10.1. The lowest BCUT2D eigenvalue weighted by Crippen LogP contribution is -2.28. The molecule has 0 saturated carbocycles. The van der Waals surface area contributed by atoms with Crippen molar-refractivity contribution in [2.75, 3.05) is 19.6 Å². The molecular weight excluding hydrogens is 160 g/mol. The van der Waals surface area contributed by atoms with Gasteiger partial charge >= 0.3 is 0 Å². The monoisotopic (exact) mass is 184 g/mol. The van der Waals surface area contributed by atoms with Gasteiger partial charge in [0.25, 0.3) is 0 Å². The fraction of sp³-hybridized carbons (Fsp3) is 1.00. The van der Waals surface area contributed by atoms with E-state index in [1.54, 1.807) is 0 Å². The third kappa shape index (κ3) is 4.63. The zero-order valence-corrected chi connectivity index (χ0v) is 9.13. The standard InChI is InChI=1S/C11H24N2/c1-10(2)5-8-13-7-3-4-11(12)6-9-13/h10-11H,3-9,12H2,1-2H3.